The third-order valence-corrected chi connectivity index (χ3v) is 8.23. The molecule has 0 bridgehead atoms. The van der Waals surface area contributed by atoms with Gasteiger partial charge in [-0.2, -0.15) is 13.2 Å². The van der Waals surface area contributed by atoms with E-state index in [0.717, 1.165) is 50.5 Å². The average molecular weight is 479 g/mol. The van der Waals surface area contributed by atoms with Crippen molar-refractivity contribution in [3.63, 3.8) is 0 Å². The van der Waals surface area contributed by atoms with Gasteiger partial charge < -0.3 is 15.0 Å². The van der Waals surface area contributed by atoms with Crippen molar-refractivity contribution in [3.8, 4) is 0 Å². The normalized spacial score (nSPS) is 30.5. The van der Waals surface area contributed by atoms with Crippen LogP contribution in [0, 0.1) is 17.3 Å². The zero-order chi connectivity index (χ0) is 24.5. The summed E-state index contributed by atoms with van der Waals surface area (Å²) in [4.78, 5) is 15.7. The van der Waals surface area contributed by atoms with Crippen LogP contribution in [0.25, 0.3) is 5.57 Å². The van der Waals surface area contributed by atoms with Gasteiger partial charge in [-0.3, -0.25) is 4.79 Å². The first-order chi connectivity index (χ1) is 16.1. The molecule has 2 unspecified atom stereocenters. The standard InChI is InChI=1S/C27H37F3N2O2/c1-18(2)26(11-7-23(16-26)31-24-10-14-34-17-19(24)3)25(33)32-12-8-20(9-13-32)21-5-4-6-22(15-21)27(28,29)30/h4-6,8,15,18-19,23-24,31H,7,9-14,16-17H2,1-3H3/t19?,23-,24?,26+/m1/s1. The Morgan fingerprint density at radius 1 is 1.26 bits per heavy atom. The minimum Gasteiger partial charge on any atom is -0.381 e. The lowest BCUT2D eigenvalue weighted by Gasteiger charge is -2.39. The van der Waals surface area contributed by atoms with Gasteiger partial charge in [-0.15, -0.1) is 0 Å². The van der Waals surface area contributed by atoms with Crippen LogP contribution in [0.2, 0.25) is 0 Å². The van der Waals surface area contributed by atoms with Crippen LogP contribution < -0.4 is 5.32 Å². The van der Waals surface area contributed by atoms with Gasteiger partial charge in [0.1, 0.15) is 0 Å². The molecule has 1 saturated carbocycles. The fourth-order valence-electron chi connectivity index (χ4n) is 5.94. The van der Waals surface area contributed by atoms with E-state index in [9.17, 15) is 18.0 Å². The van der Waals surface area contributed by atoms with Crippen molar-refractivity contribution in [2.45, 2.75) is 71.1 Å². The van der Waals surface area contributed by atoms with Gasteiger partial charge >= 0.3 is 6.18 Å². The van der Waals surface area contributed by atoms with Crippen LogP contribution in [0.1, 0.15) is 64.0 Å². The average Bonchev–Trinajstić information content (AvgIpc) is 3.25. The van der Waals surface area contributed by atoms with E-state index >= 15 is 0 Å². The Hall–Kier alpha value is -1.86. The van der Waals surface area contributed by atoms with Crippen molar-refractivity contribution in [3.05, 3.63) is 41.5 Å². The van der Waals surface area contributed by atoms with Crippen LogP contribution in [0.15, 0.2) is 30.3 Å². The van der Waals surface area contributed by atoms with Gasteiger partial charge in [0.15, 0.2) is 0 Å². The molecule has 0 radical (unpaired) electrons. The summed E-state index contributed by atoms with van der Waals surface area (Å²) in [6.45, 7) is 9.08. The Morgan fingerprint density at radius 2 is 2.06 bits per heavy atom. The number of rotatable bonds is 5. The minimum absolute atomic E-state index is 0.200. The lowest BCUT2D eigenvalue weighted by atomic mass is 9.74. The predicted octanol–water partition coefficient (Wildman–Crippen LogP) is 5.53. The second-order valence-corrected chi connectivity index (χ2v) is 10.7. The fraction of sp³-hybridized carbons (Fsp3) is 0.667. The molecule has 2 heterocycles. The second-order valence-electron chi connectivity index (χ2n) is 10.7. The number of nitrogens with zero attached hydrogens (tertiary/aromatic N) is 1. The molecule has 1 aromatic rings. The molecule has 188 valence electrons. The monoisotopic (exact) mass is 478 g/mol. The Bertz CT molecular complexity index is 913. The summed E-state index contributed by atoms with van der Waals surface area (Å²) in [7, 11) is 0. The number of benzene rings is 1. The number of halogens is 3. The molecule has 1 aliphatic carbocycles. The van der Waals surface area contributed by atoms with Crippen LogP contribution in [0.4, 0.5) is 13.2 Å². The van der Waals surface area contributed by atoms with E-state index in [1.165, 1.54) is 12.1 Å². The molecule has 2 fully saturated rings. The van der Waals surface area contributed by atoms with Gasteiger partial charge in [0.25, 0.3) is 0 Å². The number of ether oxygens (including phenoxy) is 1. The Labute approximate surface area is 200 Å². The van der Waals surface area contributed by atoms with Crippen LogP contribution in [0.3, 0.4) is 0 Å². The lowest BCUT2D eigenvalue weighted by Crippen LogP contribution is -2.49. The van der Waals surface area contributed by atoms with E-state index in [0.29, 0.717) is 43.1 Å². The summed E-state index contributed by atoms with van der Waals surface area (Å²) < 4.78 is 44.9. The smallest absolute Gasteiger partial charge is 0.381 e. The first-order valence-electron chi connectivity index (χ1n) is 12.6. The molecular formula is C27H37F3N2O2. The zero-order valence-electron chi connectivity index (χ0n) is 20.5. The molecule has 0 spiro atoms. The fourth-order valence-corrected chi connectivity index (χ4v) is 5.94. The van der Waals surface area contributed by atoms with Gasteiger partial charge in [0.2, 0.25) is 5.91 Å². The van der Waals surface area contributed by atoms with Crippen LogP contribution in [0.5, 0.6) is 0 Å². The highest BCUT2D eigenvalue weighted by Gasteiger charge is 2.49. The molecule has 1 N–H and O–H groups in total. The van der Waals surface area contributed by atoms with E-state index in [2.05, 4.69) is 26.1 Å². The number of nitrogens with one attached hydrogen (secondary N) is 1. The van der Waals surface area contributed by atoms with E-state index in [4.69, 9.17) is 4.74 Å². The van der Waals surface area contributed by atoms with E-state index in [1.807, 2.05) is 11.0 Å². The molecule has 7 heteroatoms. The molecule has 2 aliphatic heterocycles. The highest BCUT2D eigenvalue weighted by molar-refractivity contribution is 5.84. The quantitative estimate of drug-likeness (QED) is 0.605. The summed E-state index contributed by atoms with van der Waals surface area (Å²) in [5.74, 6) is 0.902. The third kappa shape index (κ3) is 5.20. The zero-order valence-corrected chi connectivity index (χ0v) is 20.5. The van der Waals surface area contributed by atoms with Gasteiger partial charge in [-0.1, -0.05) is 39.0 Å². The molecule has 4 rings (SSSR count). The van der Waals surface area contributed by atoms with Gasteiger partial charge in [-0.05, 0) is 67.2 Å². The van der Waals surface area contributed by atoms with Gasteiger partial charge in [0.05, 0.1) is 17.6 Å². The lowest BCUT2D eigenvalue weighted by molar-refractivity contribution is -0.144. The maximum Gasteiger partial charge on any atom is 0.416 e. The molecule has 1 aromatic carbocycles. The van der Waals surface area contributed by atoms with Crippen molar-refractivity contribution in [1.82, 2.24) is 10.2 Å². The molecule has 4 atom stereocenters. The van der Waals surface area contributed by atoms with E-state index in [1.54, 1.807) is 6.07 Å². The molecule has 34 heavy (non-hydrogen) atoms. The van der Waals surface area contributed by atoms with E-state index < -0.39 is 11.7 Å². The largest absolute Gasteiger partial charge is 0.416 e. The van der Waals surface area contributed by atoms with Crippen molar-refractivity contribution in [2.24, 2.45) is 17.3 Å². The van der Waals surface area contributed by atoms with Crippen LogP contribution >= 0.6 is 0 Å². The molecule has 4 nitrogen and oxygen atoms in total. The molecule has 1 amide bonds. The second kappa shape index (κ2) is 10.0. The Kier molecular flexibility index (Phi) is 7.44. The number of hydrogen-bond acceptors (Lipinski definition) is 3. The molecule has 1 saturated heterocycles. The summed E-state index contributed by atoms with van der Waals surface area (Å²) in [5, 5.41) is 3.83. The van der Waals surface area contributed by atoms with Gasteiger partial charge in [0, 0.05) is 31.8 Å². The van der Waals surface area contributed by atoms with Gasteiger partial charge in [-0.25, -0.2) is 0 Å². The number of amides is 1. The number of alkyl halides is 3. The molecule has 0 aromatic heterocycles. The maximum absolute atomic E-state index is 13.8. The van der Waals surface area contributed by atoms with Crippen molar-refractivity contribution in [1.29, 1.82) is 0 Å². The number of carbonyl (C=O) groups is 1. The Balaban J connectivity index is 1.43. The first kappa shape index (κ1) is 25.2. The summed E-state index contributed by atoms with van der Waals surface area (Å²) in [5.41, 5.74) is 0.462. The predicted molar refractivity (Wildman–Crippen MR) is 127 cm³/mol. The van der Waals surface area contributed by atoms with E-state index in [-0.39, 0.29) is 17.2 Å². The summed E-state index contributed by atoms with van der Waals surface area (Å²) >= 11 is 0. The molecular weight excluding hydrogens is 441 g/mol. The highest BCUT2D eigenvalue weighted by atomic mass is 19.4. The van der Waals surface area contributed by atoms with Crippen molar-refractivity contribution >= 4 is 11.5 Å². The number of carbonyl (C=O) groups excluding carboxylic acids is 1. The molecule has 3 aliphatic rings. The highest BCUT2D eigenvalue weighted by Crippen LogP contribution is 2.46. The minimum atomic E-state index is -4.35. The first-order valence-corrected chi connectivity index (χ1v) is 12.6. The Morgan fingerprint density at radius 3 is 2.71 bits per heavy atom. The van der Waals surface area contributed by atoms with Crippen LogP contribution in [-0.4, -0.2) is 49.2 Å². The maximum atomic E-state index is 13.8. The number of hydrogen-bond donors (Lipinski definition) is 1. The third-order valence-electron chi connectivity index (χ3n) is 8.23. The summed E-state index contributed by atoms with van der Waals surface area (Å²) in [6, 6.07) is 6.25. The SMILES string of the molecule is CC1COCCC1N[C@@H]1CC[C@@](C(=O)N2CC=C(c3cccc(C(F)(F)F)c3)CC2)(C(C)C)C1. The van der Waals surface area contributed by atoms with Crippen molar-refractivity contribution < 1.29 is 22.7 Å². The van der Waals surface area contributed by atoms with Crippen LogP contribution in [-0.2, 0) is 15.7 Å². The summed E-state index contributed by atoms with van der Waals surface area (Å²) in [6.07, 6.45) is 1.87. The topological polar surface area (TPSA) is 41.6 Å². The van der Waals surface area contributed by atoms with Crippen molar-refractivity contribution in [2.75, 3.05) is 26.3 Å².